The zero-order valence-corrected chi connectivity index (χ0v) is 16.2. The molecular formula is C19H24N4O3S. The first-order valence-corrected chi connectivity index (χ1v) is 9.96. The highest BCUT2D eigenvalue weighted by atomic mass is 32.1. The van der Waals surface area contributed by atoms with Crippen molar-refractivity contribution in [3.8, 4) is 5.75 Å². The Balaban J connectivity index is 1.61. The second-order valence-corrected chi connectivity index (χ2v) is 7.12. The van der Waals surface area contributed by atoms with Crippen molar-refractivity contribution in [3.05, 3.63) is 45.9 Å². The van der Waals surface area contributed by atoms with Gasteiger partial charge in [-0.3, -0.25) is 9.59 Å². The first-order valence-electron chi connectivity index (χ1n) is 9.09. The number of hydrogen-bond donors (Lipinski definition) is 1. The SMILES string of the molecule is CCOc1ccccc1C(=O)N1CCN(C(=O)c2csc(CCN)n2)CC1. The Labute approximate surface area is 162 Å². The van der Waals surface area contributed by atoms with E-state index in [9.17, 15) is 9.59 Å². The van der Waals surface area contributed by atoms with Crippen molar-refractivity contribution < 1.29 is 14.3 Å². The Hall–Kier alpha value is -2.45. The number of ether oxygens (including phenoxy) is 1. The molecule has 1 aromatic carbocycles. The van der Waals surface area contributed by atoms with Gasteiger partial charge in [0.1, 0.15) is 11.4 Å². The number of para-hydroxylation sites is 1. The lowest BCUT2D eigenvalue weighted by atomic mass is 10.1. The first kappa shape index (κ1) is 19.3. The molecule has 3 rings (SSSR count). The zero-order valence-electron chi connectivity index (χ0n) is 15.4. The minimum absolute atomic E-state index is 0.0648. The highest BCUT2D eigenvalue weighted by Gasteiger charge is 2.27. The number of aromatic nitrogens is 1. The van der Waals surface area contributed by atoms with Crippen LogP contribution in [-0.4, -0.2) is 65.9 Å². The number of thiazole rings is 1. The molecule has 27 heavy (non-hydrogen) atoms. The minimum Gasteiger partial charge on any atom is -0.493 e. The molecular weight excluding hydrogens is 364 g/mol. The van der Waals surface area contributed by atoms with Gasteiger partial charge in [0.05, 0.1) is 17.2 Å². The van der Waals surface area contributed by atoms with Crippen LogP contribution >= 0.6 is 11.3 Å². The van der Waals surface area contributed by atoms with E-state index in [1.165, 1.54) is 11.3 Å². The van der Waals surface area contributed by atoms with E-state index in [2.05, 4.69) is 4.98 Å². The smallest absolute Gasteiger partial charge is 0.273 e. The van der Waals surface area contributed by atoms with Gasteiger partial charge in [0.2, 0.25) is 0 Å². The Bertz CT molecular complexity index is 800. The molecule has 1 saturated heterocycles. The maximum absolute atomic E-state index is 12.8. The van der Waals surface area contributed by atoms with Gasteiger partial charge in [0, 0.05) is 38.0 Å². The van der Waals surface area contributed by atoms with Crippen LogP contribution in [0.2, 0.25) is 0 Å². The van der Waals surface area contributed by atoms with E-state index in [-0.39, 0.29) is 11.8 Å². The van der Waals surface area contributed by atoms with Crippen LogP contribution in [0.15, 0.2) is 29.6 Å². The largest absolute Gasteiger partial charge is 0.493 e. The second-order valence-electron chi connectivity index (χ2n) is 6.18. The van der Waals surface area contributed by atoms with Crippen molar-refractivity contribution in [2.75, 3.05) is 39.3 Å². The predicted molar refractivity (Wildman–Crippen MR) is 104 cm³/mol. The van der Waals surface area contributed by atoms with Gasteiger partial charge in [-0.05, 0) is 25.6 Å². The Morgan fingerprint density at radius 2 is 1.81 bits per heavy atom. The summed E-state index contributed by atoms with van der Waals surface area (Å²) in [7, 11) is 0. The lowest BCUT2D eigenvalue weighted by molar-refractivity contribution is 0.0530. The van der Waals surface area contributed by atoms with E-state index in [4.69, 9.17) is 10.5 Å². The molecule has 0 aliphatic carbocycles. The number of hydrogen-bond acceptors (Lipinski definition) is 6. The third-order valence-corrected chi connectivity index (χ3v) is 5.31. The molecule has 2 aromatic rings. The van der Waals surface area contributed by atoms with E-state index >= 15 is 0 Å². The van der Waals surface area contributed by atoms with Crippen LogP contribution in [0.5, 0.6) is 5.75 Å². The van der Waals surface area contributed by atoms with Crippen molar-refractivity contribution in [1.29, 1.82) is 0 Å². The average molecular weight is 388 g/mol. The van der Waals surface area contributed by atoms with Gasteiger partial charge in [-0.1, -0.05) is 12.1 Å². The van der Waals surface area contributed by atoms with Gasteiger partial charge in [0.25, 0.3) is 11.8 Å². The number of carbonyl (C=O) groups excluding carboxylic acids is 2. The highest BCUT2D eigenvalue weighted by molar-refractivity contribution is 7.09. The molecule has 0 saturated carbocycles. The maximum Gasteiger partial charge on any atom is 0.273 e. The highest BCUT2D eigenvalue weighted by Crippen LogP contribution is 2.21. The summed E-state index contributed by atoms with van der Waals surface area (Å²) >= 11 is 1.46. The summed E-state index contributed by atoms with van der Waals surface area (Å²) in [4.78, 5) is 33.3. The number of nitrogens with two attached hydrogens (primary N) is 1. The van der Waals surface area contributed by atoms with Gasteiger partial charge >= 0.3 is 0 Å². The molecule has 1 aliphatic heterocycles. The van der Waals surface area contributed by atoms with Crippen molar-refractivity contribution in [1.82, 2.24) is 14.8 Å². The van der Waals surface area contributed by atoms with E-state index in [1.807, 2.05) is 19.1 Å². The molecule has 1 aliphatic rings. The Morgan fingerprint density at radius 3 is 2.48 bits per heavy atom. The molecule has 7 nitrogen and oxygen atoms in total. The number of benzene rings is 1. The molecule has 2 N–H and O–H groups in total. The number of amides is 2. The summed E-state index contributed by atoms with van der Waals surface area (Å²) in [6.45, 7) is 4.88. The lowest BCUT2D eigenvalue weighted by Crippen LogP contribution is -2.50. The molecule has 0 atom stereocenters. The van der Waals surface area contributed by atoms with Gasteiger partial charge in [0.15, 0.2) is 0 Å². The van der Waals surface area contributed by atoms with E-state index in [0.717, 1.165) is 5.01 Å². The van der Waals surface area contributed by atoms with Crippen molar-refractivity contribution in [3.63, 3.8) is 0 Å². The molecule has 0 spiro atoms. The van der Waals surface area contributed by atoms with E-state index in [1.54, 1.807) is 27.3 Å². The zero-order chi connectivity index (χ0) is 19.2. The summed E-state index contributed by atoms with van der Waals surface area (Å²) in [5, 5.41) is 2.66. The summed E-state index contributed by atoms with van der Waals surface area (Å²) < 4.78 is 5.56. The summed E-state index contributed by atoms with van der Waals surface area (Å²) in [5.41, 5.74) is 6.56. The lowest BCUT2D eigenvalue weighted by Gasteiger charge is -2.34. The maximum atomic E-state index is 12.8. The standard InChI is InChI=1S/C19H24N4O3S/c1-2-26-16-6-4-3-5-14(16)18(24)22-9-11-23(12-10-22)19(25)15-13-27-17(21-15)7-8-20/h3-6,13H,2,7-12,20H2,1H3. The molecule has 0 bridgehead atoms. The topological polar surface area (TPSA) is 88.8 Å². The van der Waals surface area contributed by atoms with Crippen LogP contribution in [0.3, 0.4) is 0 Å². The average Bonchev–Trinajstić information content (AvgIpc) is 3.17. The minimum atomic E-state index is -0.0867. The third kappa shape index (κ3) is 4.45. The number of rotatable bonds is 6. The fourth-order valence-corrected chi connectivity index (χ4v) is 3.81. The molecule has 1 aromatic heterocycles. The van der Waals surface area contributed by atoms with Crippen LogP contribution in [0.25, 0.3) is 0 Å². The molecule has 144 valence electrons. The van der Waals surface area contributed by atoms with Gasteiger partial charge in [-0.25, -0.2) is 4.98 Å². The Kier molecular flexibility index (Phi) is 6.41. The number of piperazine rings is 1. The van der Waals surface area contributed by atoms with Crippen molar-refractivity contribution in [2.24, 2.45) is 5.73 Å². The second kappa shape index (κ2) is 8.96. The van der Waals surface area contributed by atoms with E-state index in [0.29, 0.717) is 62.8 Å². The fraction of sp³-hybridized carbons (Fsp3) is 0.421. The monoisotopic (exact) mass is 388 g/mol. The third-order valence-electron chi connectivity index (χ3n) is 4.40. The van der Waals surface area contributed by atoms with Crippen LogP contribution in [0, 0.1) is 0 Å². The van der Waals surface area contributed by atoms with Crippen molar-refractivity contribution >= 4 is 23.2 Å². The molecule has 2 heterocycles. The van der Waals surface area contributed by atoms with Gasteiger partial charge in [-0.15, -0.1) is 11.3 Å². The Morgan fingerprint density at radius 1 is 1.15 bits per heavy atom. The molecule has 2 amide bonds. The van der Waals surface area contributed by atoms with Crippen molar-refractivity contribution in [2.45, 2.75) is 13.3 Å². The normalized spacial score (nSPS) is 14.3. The summed E-state index contributed by atoms with van der Waals surface area (Å²) in [6, 6.07) is 7.26. The van der Waals surface area contributed by atoms with Crippen LogP contribution in [-0.2, 0) is 6.42 Å². The van der Waals surface area contributed by atoms with E-state index < -0.39 is 0 Å². The molecule has 0 unspecified atom stereocenters. The quantitative estimate of drug-likeness (QED) is 0.813. The summed E-state index contributed by atoms with van der Waals surface area (Å²) in [5.74, 6) is 0.444. The molecule has 1 fully saturated rings. The number of nitrogens with zero attached hydrogens (tertiary/aromatic N) is 3. The number of carbonyl (C=O) groups is 2. The fourth-order valence-electron chi connectivity index (χ4n) is 3.02. The first-order chi connectivity index (χ1) is 13.1. The van der Waals surface area contributed by atoms with Gasteiger partial charge < -0.3 is 20.3 Å². The predicted octanol–water partition coefficient (Wildman–Crippen LogP) is 1.64. The van der Waals surface area contributed by atoms with Gasteiger partial charge in [-0.2, -0.15) is 0 Å². The van der Waals surface area contributed by atoms with Crippen LogP contribution in [0.4, 0.5) is 0 Å². The van der Waals surface area contributed by atoms with Crippen LogP contribution < -0.4 is 10.5 Å². The molecule has 8 heteroatoms. The molecule has 0 radical (unpaired) electrons. The van der Waals surface area contributed by atoms with Crippen LogP contribution in [0.1, 0.15) is 32.8 Å². The summed E-state index contributed by atoms with van der Waals surface area (Å²) in [6.07, 6.45) is 0.680.